The standard InChI is InChI=1S/C15H15BrN2O/c1-10-5-6-11(7-14(10)16)9-18-13-4-2-3-12(8-13)15(17)19/h2-8,18H,9H2,1H3,(H2,17,19). The molecule has 0 heterocycles. The summed E-state index contributed by atoms with van der Waals surface area (Å²) in [5, 5.41) is 3.27. The van der Waals surface area contributed by atoms with E-state index < -0.39 is 5.91 Å². The number of carbonyl (C=O) groups excluding carboxylic acids is 1. The number of rotatable bonds is 4. The largest absolute Gasteiger partial charge is 0.381 e. The van der Waals surface area contributed by atoms with Crippen LogP contribution < -0.4 is 11.1 Å². The minimum Gasteiger partial charge on any atom is -0.381 e. The van der Waals surface area contributed by atoms with Crippen molar-refractivity contribution in [1.29, 1.82) is 0 Å². The van der Waals surface area contributed by atoms with Gasteiger partial charge in [-0.15, -0.1) is 0 Å². The first-order valence-electron chi connectivity index (χ1n) is 5.95. The lowest BCUT2D eigenvalue weighted by molar-refractivity contribution is 0.100. The highest BCUT2D eigenvalue weighted by Crippen LogP contribution is 2.18. The second-order valence-corrected chi connectivity index (χ2v) is 5.24. The summed E-state index contributed by atoms with van der Waals surface area (Å²) in [7, 11) is 0. The molecule has 0 unspecified atom stereocenters. The van der Waals surface area contributed by atoms with Crippen molar-refractivity contribution in [3.8, 4) is 0 Å². The van der Waals surface area contributed by atoms with Gasteiger partial charge in [0.2, 0.25) is 5.91 Å². The smallest absolute Gasteiger partial charge is 0.248 e. The zero-order valence-corrected chi connectivity index (χ0v) is 12.2. The quantitative estimate of drug-likeness (QED) is 0.906. The summed E-state index contributed by atoms with van der Waals surface area (Å²) in [6, 6.07) is 13.4. The zero-order valence-electron chi connectivity index (χ0n) is 10.6. The monoisotopic (exact) mass is 318 g/mol. The number of primary amides is 1. The Labute approximate surface area is 121 Å². The molecule has 98 valence electrons. The van der Waals surface area contributed by atoms with Crippen molar-refractivity contribution < 1.29 is 4.79 Å². The summed E-state index contributed by atoms with van der Waals surface area (Å²) < 4.78 is 1.10. The molecule has 19 heavy (non-hydrogen) atoms. The van der Waals surface area contributed by atoms with Gasteiger partial charge in [-0.05, 0) is 42.3 Å². The van der Waals surface area contributed by atoms with Gasteiger partial charge in [0.1, 0.15) is 0 Å². The molecule has 0 aliphatic carbocycles. The predicted octanol–water partition coefficient (Wildman–Crippen LogP) is 3.47. The number of hydrogen-bond acceptors (Lipinski definition) is 2. The summed E-state index contributed by atoms with van der Waals surface area (Å²) in [6.07, 6.45) is 0. The highest BCUT2D eigenvalue weighted by molar-refractivity contribution is 9.10. The molecule has 0 atom stereocenters. The van der Waals surface area contributed by atoms with E-state index in [-0.39, 0.29) is 0 Å². The van der Waals surface area contributed by atoms with Crippen LogP contribution in [0.3, 0.4) is 0 Å². The topological polar surface area (TPSA) is 55.1 Å². The van der Waals surface area contributed by atoms with E-state index in [1.54, 1.807) is 12.1 Å². The number of aryl methyl sites for hydroxylation is 1. The van der Waals surface area contributed by atoms with Crippen molar-refractivity contribution in [3.63, 3.8) is 0 Å². The van der Waals surface area contributed by atoms with Gasteiger partial charge in [-0.1, -0.05) is 34.1 Å². The van der Waals surface area contributed by atoms with Gasteiger partial charge in [-0.3, -0.25) is 4.79 Å². The van der Waals surface area contributed by atoms with Crippen LogP contribution in [0.15, 0.2) is 46.9 Å². The Morgan fingerprint density at radius 2 is 2.05 bits per heavy atom. The van der Waals surface area contributed by atoms with Crippen molar-refractivity contribution in [2.75, 3.05) is 5.32 Å². The third kappa shape index (κ3) is 3.58. The SMILES string of the molecule is Cc1ccc(CNc2cccc(C(N)=O)c2)cc1Br. The Hall–Kier alpha value is -1.81. The maximum absolute atomic E-state index is 11.1. The molecule has 1 amide bonds. The molecule has 2 rings (SSSR count). The molecule has 0 bridgehead atoms. The van der Waals surface area contributed by atoms with Crippen molar-refractivity contribution in [3.05, 3.63) is 63.6 Å². The van der Waals surface area contributed by atoms with Crippen LogP contribution >= 0.6 is 15.9 Å². The molecule has 0 radical (unpaired) electrons. The van der Waals surface area contributed by atoms with E-state index in [2.05, 4.69) is 46.4 Å². The molecule has 0 saturated heterocycles. The zero-order chi connectivity index (χ0) is 13.8. The Morgan fingerprint density at radius 3 is 2.74 bits per heavy atom. The number of amides is 1. The van der Waals surface area contributed by atoms with Gasteiger partial charge in [-0.2, -0.15) is 0 Å². The molecule has 3 nitrogen and oxygen atoms in total. The summed E-state index contributed by atoms with van der Waals surface area (Å²) in [5.41, 5.74) is 9.02. The second-order valence-electron chi connectivity index (χ2n) is 4.38. The van der Waals surface area contributed by atoms with Gasteiger partial charge in [-0.25, -0.2) is 0 Å². The van der Waals surface area contributed by atoms with E-state index in [1.165, 1.54) is 11.1 Å². The predicted molar refractivity (Wildman–Crippen MR) is 81.2 cm³/mol. The molecule has 0 aliphatic heterocycles. The van der Waals surface area contributed by atoms with Crippen LogP contribution in [0.5, 0.6) is 0 Å². The Kier molecular flexibility index (Phi) is 4.22. The first kappa shape index (κ1) is 13.6. The van der Waals surface area contributed by atoms with Crippen LogP contribution in [0.4, 0.5) is 5.69 Å². The lowest BCUT2D eigenvalue weighted by Crippen LogP contribution is -2.11. The van der Waals surface area contributed by atoms with Gasteiger partial charge in [0.05, 0.1) is 0 Å². The molecule has 0 spiro atoms. The van der Waals surface area contributed by atoms with E-state index in [1.807, 2.05) is 12.1 Å². The summed E-state index contributed by atoms with van der Waals surface area (Å²) in [4.78, 5) is 11.1. The maximum atomic E-state index is 11.1. The number of anilines is 1. The molecular formula is C15H15BrN2O. The average molecular weight is 319 g/mol. The Morgan fingerprint density at radius 1 is 1.26 bits per heavy atom. The number of nitrogens with one attached hydrogen (secondary N) is 1. The third-order valence-electron chi connectivity index (χ3n) is 2.88. The fourth-order valence-corrected chi connectivity index (χ4v) is 2.16. The van der Waals surface area contributed by atoms with Crippen molar-refractivity contribution >= 4 is 27.5 Å². The van der Waals surface area contributed by atoms with Crippen LogP contribution in [0.2, 0.25) is 0 Å². The molecular weight excluding hydrogens is 304 g/mol. The lowest BCUT2D eigenvalue weighted by atomic mass is 10.1. The lowest BCUT2D eigenvalue weighted by Gasteiger charge is -2.08. The molecule has 3 N–H and O–H groups in total. The van der Waals surface area contributed by atoms with Gasteiger partial charge in [0.25, 0.3) is 0 Å². The van der Waals surface area contributed by atoms with Gasteiger partial charge < -0.3 is 11.1 Å². The van der Waals surface area contributed by atoms with E-state index in [0.717, 1.165) is 10.2 Å². The van der Waals surface area contributed by atoms with Gasteiger partial charge in [0.15, 0.2) is 0 Å². The second kappa shape index (κ2) is 5.89. The number of nitrogens with two attached hydrogens (primary N) is 1. The average Bonchev–Trinajstić information content (AvgIpc) is 2.40. The number of halogens is 1. The Bertz CT molecular complexity index is 611. The molecule has 0 aromatic heterocycles. The normalized spacial score (nSPS) is 10.2. The summed E-state index contributed by atoms with van der Waals surface area (Å²) in [5.74, 6) is -0.415. The molecule has 0 saturated carbocycles. The van der Waals surface area contributed by atoms with Crippen molar-refractivity contribution in [1.82, 2.24) is 0 Å². The molecule has 4 heteroatoms. The highest BCUT2D eigenvalue weighted by Gasteiger charge is 2.02. The summed E-state index contributed by atoms with van der Waals surface area (Å²) in [6.45, 7) is 2.75. The van der Waals surface area contributed by atoms with E-state index in [9.17, 15) is 4.79 Å². The fraction of sp³-hybridized carbons (Fsp3) is 0.133. The van der Waals surface area contributed by atoms with Crippen molar-refractivity contribution in [2.24, 2.45) is 5.73 Å². The van der Waals surface area contributed by atoms with Crippen LogP contribution in [0, 0.1) is 6.92 Å². The Balaban J connectivity index is 2.07. The molecule has 0 fully saturated rings. The minimum absolute atomic E-state index is 0.415. The first-order chi connectivity index (χ1) is 9.06. The maximum Gasteiger partial charge on any atom is 0.248 e. The number of carbonyl (C=O) groups is 1. The van der Waals surface area contributed by atoms with Crippen LogP contribution in [0.25, 0.3) is 0 Å². The first-order valence-corrected chi connectivity index (χ1v) is 6.74. The van der Waals surface area contributed by atoms with E-state index in [0.29, 0.717) is 12.1 Å². The minimum atomic E-state index is -0.415. The number of benzene rings is 2. The van der Waals surface area contributed by atoms with Crippen molar-refractivity contribution in [2.45, 2.75) is 13.5 Å². The van der Waals surface area contributed by atoms with Gasteiger partial charge >= 0.3 is 0 Å². The van der Waals surface area contributed by atoms with Crippen LogP contribution in [-0.4, -0.2) is 5.91 Å². The van der Waals surface area contributed by atoms with Crippen LogP contribution in [-0.2, 0) is 6.54 Å². The van der Waals surface area contributed by atoms with Crippen LogP contribution in [0.1, 0.15) is 21.5 Å². The summed E-state index contributed by atoms with van der Waals surface area (Å²) >= 11 is 3.51. The molecule has 2 aromatic rings. The molecule has 0 aliphatic rings. The highest BCUT2D eigenvalue weighted by atomic mass is 79.9. The number of hydrogen-bond donors (Lipinski definition) is 2. The molecule has 2 aromatic carbocycles. The fourth-order valence-electron chi connectivity index (χ4n) is 1.73. The third-order valence-corrected chi connectivity index (χ3v) is 3.73. The van der Waals surface area contributed by atoms with E-state index in [4.69, 9.17) is 5.73 Å². The van der Waals surface area contributed by atoms with E-state index >= 15 is 0 Å². The van der Waals surface area contributed by atoms with Gasteiger partial charge in [0, 0.05) is 22.3 Å².